The van der Waals surface area contributed by atoms with E-state index in [9.17, 15) is 4.79 Å². The van der Waals surface area contributed by atoms with Gasteiger partial charge in [-0.2, -0.15) is 0 Å². The fraction of sp³-hybridized carbons (Fsp3) is 0.737. The molecule has 1 atom stereocenters. The van der Waals surface area contributed by atoms with Crippen LogP contribution in [-0.4, -0.2) is 33.9 Å². The second kappa shape index (κ2) is 6.34. The summed E-state index contributed by atoms with van der Waals surface area (Å²) in [7, 11) is 0. The Hall–Kier alpha value is -1.65. The second-order valence-corrected chi connectivity index (χ2v) is 7.84. The smallest absolute Gasteiger partial charge is 0.226 e. The van der Waals surface area contributed by atoms with E-state index in [-0.39, 0.29) is 5.92 Å². The molecule has 0 aromatic carbocycles. The minimum atomic E-state index is 0.129. The van der Waals surface area contributed by atoms with Gasteiger partial charge in [0.2, 0.25) is 5.91 Å². The Morgan fingerprint density at radius 2 is 1.92 bits per heavy atom. The van der Waals surface area contributed by atoms with Crippen LogP contribution < -0.4 is 4.90 Å². The molecule has 1 aromatic heterocycles. The maximum absolute atomic E-state index is 12.9. The fourth-order valence-electron chi connectivity index (χ4n) is 4.46. The van der Waals surface area contributed by atoms with Gasteiger partial charge in [0.15, 0.2) is 0 Å². The highest BCUT2D eigenvalue weighted by Crippen LogP contribution is 2.34. The molecule has 0 bridgehead atoms. The van der Waals surface area contributed by atoms with E-state index in [1.54, 1.807) is 0 Å². The summed E-state index contributed by atoms with van der Waals surface area (Å²) in [5.74, 6) is 3.08. The molecule has 0 unspecified atom stereocenters. The number of aromatic nitrogens is 2. The first-order valence-electron chi connectivity index (χ1n) is 9.52. The van der Waals surface area contributed by atoms with E-state index < -0.39 is 0 Å². The molecule has 1 amide bonds. The summed E-state index contributed by atoms with van der Waals surface area (Å²) in [6, 6.07) is 0. The van der Waals surface area contributed by atoms with Gasteiger partial charge >= 0.3 is 0 Å². The maximum atomic E-state index is 12.9. The first-order chi connectivity index (χ1) is 11.6. The number of aryl methyl sites for hydroxylation is 1. The Bertz CT molecular complexity index is 634. The minimum Gasteiger partial charge on any atom is -0.356 e. The van der Waals surface area contributed by atoms with Crippen molar-refractivity contribution < 1.29 is 4.79 Å². The molecular weight excluding hydrogens is 300 g/mol. The number of nitrogens with zero attached hydrogens (tertiary/aromatic N) is 4. The lowest BCUT2D eigenvalue weighted by Gasteiger charge is -2.33. The van der Waals surface area contributed by atoms with Gasteiger partial charge in [0.05, 0.1) is 18.8 Å². The summed E-state index contributed by atoms with van der Waals surface area (Å²) < 4.78 is 0. The number of carbonyl (C=O) groups is 1. The van der Waals surface area contributed by atoms with Crippen molar-refractivity contribution in [2.75, 3.05) is 18.0 Å². The number of hydrogen-bond acceptors (Lipinski definition) is 4. The lowest BCUT2D eigenvalue weighted by atomic mass is 9.93. The molecule has 2 aliphatic heterocycles. The van der Waals surface area contributed by atoms with E-state index in [0.717, 1.165) is 42.8 Å². The van der Waals surface area contributed by atoms with Crippen LogP contribution in [0.1, 0.15) is 62.5 Å². The molecule has 5 nitrogen and oxygen atoms in total. The largest absolute Gasteiger partial charge is 0.356 e. The zero-order valence-electron chi connectivity index (χ0n) is 14.9. The van der Waals surface area contributed by atoms with E-state index in [0.29, 0.717) is 19.0 Å². The Morgan fingerprint density at radius 1 is 1.17 bits per heavy atom. The van der Waals surface area contributed by atoms with Crippen LogP contribution >= 0.6 is 0 Å². The van der Waals surface area contributed by atoms with Gasteiger partial charge in [-0.3, -0.25) is 4.79 Å². The molecule has 24 heavy (non-hydrogen) atoms. The standard InChI is InChI=1S/C19H28N4O/c1-13(10-15-6-3-4-7-15)19(24)23-11-16-17(12-23)20-14(2)21-18(16)22-8-5-9-22/h13,15H,3-12H2,1-2H3/t13-/m0/s1. The molecule has 3 heterocycles. The van der Waals surface area contributed by atoms with Crippen LogP contribution in [0.15, 0.2) is 0 Å². The third kappa shape index (κ3) is 2.89. The number of hydrogen-bond donors (Lipinski definition) is 0. The Labute approximate surface area is 144 Å². The van der Waals surface area contributed by atoms with Crippen LogP contribution in [0.2, 0.25) is 0 Å². The number of rotatable bonds is 4. The number of fused-ring (bicyclic) bond motifs is 1. The van der Waals surface area contributed by atoms with E-state index in [4.69, 9.17) is 0 Å². The van der Waals surface area contributed by atoms with Crippen molar-refractivity contribution in [1.29, 1.82) is 0 Å². The number of anilines is 1. The van der Waals surface area contributed by atoms with Crippen molar-refractivity contribution in [3.63, 3.8) is 0 Å². The molecule has 130 valence electrons. The minimum absolute atomic E-state index is 0.129. The fourth-order valence-corrected chi connectivity index (χ4v) is 4.46. The summed E-state index contributed by atoms with van der Waals surface area (Å²) in [5.41, 5.74) is 2.24. The molecule has 2 fully saturated rings. The lowest BCUT2D eigenvalue weighted by Crippen LogP contribution is -2.38. The van der Waals surface area contributed by atoms with Crippen molar-refractivity contribution in [1.82, 2.24) is 14.9 Å². The highest BCUT2D eigenvalue weighted by molar-refractivity contribution is 5.79. The molecule has 1 aliphatic carbocycles. The first kappa shape index (κ1) is 15.9. The van der Waals surface area contributed by atoms with Gasteiger partial charge in [0.25, 0.3) is 0 Å². The third-order valence-corrected chi connectivity index (χ3v) is 5.92. The van der Waals surface area contributed by atoms with Crippen LogP contribution in [-0.2, 0) is 17.9 Å². The van der Waals surface area contributed by atoms with Gasteiger partial charge in [-0.25, -0.2) is 9.97 Å². The summed E-state index contributed by atoms with van der Waals surface area (Å²) >= 11 is 0. The molecule has 5 heteroatoms. The SMILES string of the molecule is Cc1nc2c(c(N3CCC3)n1)CN(C(=O)[C@@H](C)CC1CCCC1)C2. The third-order valence-electron chi connectivity index (χ3n) is 5.92. The molecule has 1 saturated carbocycles. The normalized spacial score (nSPS) is 21.8. The van der Waals surface area contributed by atoms with Gasteiger partial charge in [-0.05, 0) is 25.7 Å². The van der Waals surface area contributed by atoms with Crippen LogP contribution in [0, 0.1) is 18.8 Å². The molecule has 1 saturated heterocycles. The average Bonchev–Trinajstić information content (AvgIpc) is 3.13. The molecule has 0 spiro atoms. The molecule has 0 radical (unpaired) electrons. The molecule has 4 rings (SSSR count). The average molecular weight is 328 g/mol. The number of amides is 1. The van der Waals surface area contributed by atoms with Crippen molar-refractivity contribution in [2.24, 2.45) is 11.8 Å². The predicted molar refractivity (Wildman–Crippen MR) is 93.6 cm³/mol. The highest BCUT2D eigenvalue weighted by atomic mass is 16.2. The second-order valence-electron chi connectivity index (χ2n) is 7.84. The summed E-state index contributed by atoms with van der Waals surface area (Å²) in [4.78, 5) is 26.5. The molecule has 0 N–H and O–H groups in total. The predicted octanol–water partition coefficient (Wildman–Crippen LogP) is 3.05. The molecule has 1 aromatic rings. The zero-order valence-corrected chi connectivity index (χ0v) is 14.9. The van der Waals surface area contributed by atoms with Gasteiger partial charge in [0.1, 0.15) is 11.6 Å². The van der Waals surface area contributed by atoms with Crippen molar-refractivity contribution in [3.05, 3.63) is 17.1 Å². The van der Waals surface area contributed by atoms with Crippen LogP contribution in [0.3, 0.4) is 0 Å². The van der Waals surface area contributed by atoms with E-state index >= 15 is 0 Å². The summed E-state index contributed by atoms with van der Waals surface area (Å²) in [6.07, 6.45) is 7.58. The first-order valence-corrected chi connectivity index (χ1v) is 9.52. The monoisotopic (exact) mass is 328 g/mol. The zero-order chi connectivity index (χ0) is 16.7. The summed E-state index contributed by atoms with van der Waals surface area (Å²) in [5, 5.41) is 0. The Kier molecular flexibility index (Phi) is 4.19. The quantitative estimate of drug-likeness (QED) is 0.852. The van der Waals surface area contributed by atoms with Crippen LogP contribution in [0.5, 0.6) is 0 Å². The van der Waals surface area contributed by atoms with Crippen molar-refractivity contribution >= 4 is 11.7 Å². The van der Waals surface area contributed by atoms with E-state index in [1.165, 1.54) is 37.7 Å². The van der Waals surface area contributed by atoms with Crippen molar-refractivity contribution in [3.8, 4) is 0 Å². The highest BCUT2D eigenvalue weighted by Gasteiger charge is 2.33. The maximum Gasteiger partial charge on any atom is 0.226 e. The van der Waals surface area contributed by atoms with Crippen LogP contribution in [0.25, 0.3) is 0 Å². The molecule has 3 aliphatic rings. The van der Waals surface area contributed by atoms with Gasteiger partial charge in [-0.15, -0.1) is 0 Å². The van der Waals surface area contributed by atoms with E-state index in [2.05, 4.69) is 21.8 Å². The van der Waals surface area contributed by atoms with Crippen molar-refractivity contribution in [2.45, 2.75) is 65.5 Å². The van der Waals surface area contributed by atoms with Gasteiger partial charge < -0.3 is 9.80 Å². The Morgan fingerprint density at radius 3 is 2.58 bits per heavy atom. The lowest BCUT2D eigenvalue weighted by molar-refractivity contribution is -0.136. The number of carbonyl (C=O) groups excluding carboxylic acids is 1. The van der Waals surface area contributed by atoms with Gasteiger partial charge in [0, 0.05) is 24.6 Å². The molecular formula is C19H28N4O. The van der Waals surface area contributed by atoms with E-state index in [1.807, 2.05) is 11.8 Å². The van der Waals surface area contributed by atoms with Gasteiger partial charge in [-0.1, -0.05) is 32.6 Å². The van der Waals surface area contributed by atoms with Crippen LogP contribution in [0.4, 0.5) is 5.82 Å². The summed E-state index contributed by atoms with van der Waals surface area (Å²) in [6.45, 7) is 7.57. The Balaban J connectivity index is 1.47. The topological polar surface area (TPSA) is 49.3 Å².